The van der Waals surface area contributed by atoms with Gasteiger partial charge in [0.2, 0.25) is 0 Å². The van der Waals surface area contributed by atoms with Crippen LogP contribution in [0.5, 0.6) is 0 Å². The Kier molecular flexibility index (Phi) is 8.54. The molecule has 5 nitrogen and oxygen atoms in total. The van der Waals surface area contributed by atoms with Crippen molar-refractivity contribution in [1.82, 2.24) is 0 Å². The predicted octanol–water partition coefficient (Wildman–Crippen LogP) is 8.60. The highest BCUT2D eigenvalue weighted by atomic mass is 35.5. The number of benzene rings is 4. The van der Waals surface area contributed by atoms with Gasteiger partial charge < -0.3 is 16.0 Å². The maximum absolute atomic E-state index is 10.3. The SMILES string of the molecule is C[C@@H](Nc1c(Cl)c(N[C@H](C)c2ccccc2)c(C#N)c(N[C@H](C)c2ccccc2)c1C#N)c1ccccc1. The highest BCUT2D eigenvalue weighted by molar-refractivity contribution is 6.37. The number of hydrogen-bond acceptors (Lipinski definition) is 5. The molecule has 6 heteroatoms. The van der Waals surface area contributed by atoms with Crippen molar-refractivity contribution in [3.63, 3.8) is 0 Å². The minimum Gasteiger partial charge on any atom is -0.376 e. The van der Waals surface area contributed by atoms with Crippen molar-refractivity contribution in [2.75, 3.05) is 16.0 Å². The fourth-order valence-corrected chi connectivity index (χ4v) is 4.78. The van der Waals surface area contributed by atoms with Gasteiger partial charge in [-0.3, -0.25) is 0 Å². The van der Waals surface area contributed by atoms with E-state index in [-0.39, 0.29) is 18.1 Å². The fraction of sp³-hybridized carbons (Fsp3) is 0.188. The first-order valence-electron chi connectivity index (χ1n) is 12.6. The molecule has 3 atom stereocenters. The topological polar surface area (TPSA) is 83.7 Å². The molecule has 0 amide bonds. The molecule has 0 saturated carbocycles. The normalized spacial score (nSPS) is 12.9. The molecule has 0 aromatic heterocycles. The van der Waals surface area contributed by atoms with Gasteiger partial charge in [-0.25, -0.2) is 0 Å². The van der Waals surface area contributed by atoms with E-state index in [0.29, 0.717) is 33.2 Å². The van der Waals surface area contributed by atoms with Crippen LogP contribution in [-0.2, 0) is 0 Å². The molecule has 3 N–H and O–H groups in total. The van der Waals surface area contributed by atoms with E-state index in [9.17, 15) is 10.5 Å². The van der Waals surface area contributed by atoms with Crippen LogP contribution in [0.25, 0.3) is 0 Å². The zero-order valence-electron chi connectivity index (χ0n) is 21.7. The molecule has 0 fully saturated rings. The van der Waals surface area contributed by atoms with Crippen LogP contribution in [0.1, 0.15) is 66.7 Å². The molecule has 38 heavy (non-hydrogen) atoms. The van der Waals surface area contributed by atoms with Gasteiger partial charge in [-0.15, -0.1) is 0 Å². The lowest BCUT2D eigenvalue weighted by Crippen LogP contribution is -2.16. The molecule has 4 rings (SSSR count). The van der Waals surface area contributed by atoms with Crippen LogP contribution in [-0.4, -0.2) is 0 Å². The smallest absolute Gasteiger partial charge is 0.104 e. The molecule has 0 bridgehead atoms. The molecule has 0 aliphatic heterocycles. The zero-order chi connectivity index (χ0) is 27.1. The van der Waals surface area contributed by atoms with E-state index in [0.717, 1.165) is 16.7 Å². The predicted molar refractivity (Wildman–Crippen MR) is 156 cm³/mol. The number of hydrogen-bond donors (Lipinski definition) is 3. The Bertz CT molecular complexity index is 1370. The lowest BCUT2D eigenvalue weighted by molar-refractivity contribution is 0.869. The molecule has 0 aliphatic carbocycles. The van der Waals surface area contributed by atoms with Gasteiger partial charge >= 0.3 is 0 Å². The highest BCUT2D eigenvalue weighted by Crippen LogP contribution is 2.45. The molecule has 4 aromatic rings. The number of nitriles is 2. The van der Waals surface area contributed by atoms with Crippen LogP contribution in [0.4, 0.5) is 17.1 Å². The number of anilines is 3. The van der Waals surface area contributed by atoms with E-state index in [1.807, 2.05) is 112 Å². The summed E-state index contributed by atoms with van der Waals surface area (Å²) < 4.78 is 0. The first-order chi connectivity index (χ1) is 18.4. The van der Waals surface area contributed by atoms with Gasteiger partial charge in [0.1, 0.15) is 23.3 Å². The Morgan fingerprint density at radius 2 is 0.816 bits per heavy atom. The lowest BCUT2D eigenvalue weighted by Gasteiger charge is -2.27. The average Bonchev–Trinajstić information content (AvgIpc) is 2.97. The molecule has 0 radical (unpaired) electrons. The highest BCUT2D eigenvalue weighted by Gasteiger charge is 2.26. The summed E-state index contributed by atoms with van der Waals surface area (Å²) in [5.41, 5.74) is 5.15. The third-order valence-corrected chi connectivity index (χ3v) is 7.02. The van der Waals surface area contributed by atoms with Crippen LogP contribution in [0, 0.1) is 22.7 Å². The Hall–Kier alpha value is -4.45. The minimum atomic E-state index is -0.157. The molecule has 0 heterocycles. The second-order valence-electron chi connectivity index (χ2n) is 9.24. The molecule has 0 spiro atoms. The van der Waals surface area contributed by atoms with Gasteiger partial charge in [-0.05, 0) is 37.5 Å². The summed E-state index contributed by atoms with van der Waals surface area (Å²) in [6.07, 6.45) is 0. The number of nitrogens with zero attached hydrogens (tertiary/aromatic N) is 2. The summed E-state index contributed by atoms with van der Waals surface area (Å²) in [5.74, 6) is 0. The van der Waals surface area contributed by atoms with Crippen LogP contribution < -0.4 is 16.0 Å². The maximum Gasteiger partial charge on any atom is 0.104 e. The summed E-state index contributed by atoms with van der Waals surface area (Å²) >= 11 is 7.01. The van der Waals surface area contributed by atoms with Gasteiger partial charge in [0.05, 0.1) is 22.1 Å². The third kappa shape index (κ3) is 5.75. The van der Waals surface area contributed by atoms with Gasteiger partial charge in [-0.1, -0.05) is 103 Å². The van der Waals surface area contributed by atoms with E-state index < -0.39 is 0 Å². The van der Waals surface area contributed by atoms with Crippen molar-refractivity contribution >= 4 is 28.7 Å². The van der Waals surface area contributed by atoms with E-state index in [2.05, 4.69) is 28.1 Å². The summed E-state index contributed by atoms with van der Waals surface area (Å²) in [6, 6.07) is 34.0. The van der Waals surface area contributed by atoms with Crippen molar-refractivity contribution in [2.24, 2.45) is 0 Å². The van der Waals surface area contributed by atoms with Gasteiger partial charge in [0, 0.05) is 18.1 Å². The summed E-state index contributed by atoms with van der Waals surface area (Å²) in [5, 5.41) is 31.4. The van der Waals surface area contributed by atoms with Crippen LogP contribution in [0.3, 0.4) is 0 Å². The Balaban J connectivity index is 1.85. The second kappa shape index (κ2) is 12.2. The average molecular weight is 520 g/mol. The number of halogens is 1. The maximum atomic E-state index is 10.3. The molecular weight excluding hydrogens is 490 g/mol. The summed E-state index contributed by atoms with van der Waals surface area (Å²) in [6.45, 7) is 6.04. The van der Waals surface area contributed by atoms with Crippen molar-refractivity contribution in [3.05, 3.63) is 124 Å². The van der Waals surface area contributed by atoms with Crippen molar-refractivity contribution < 1.29 is 0 Å². The Labute approximate surface area is 229 Å². The Morgan fingerprint density at radius 1 is 0.526 bits per heavy atom. The molecule has 190 valence electrons. The Morgan fingerprint density at radius 3 is 1.11 bits per heavy atom. The first kappa shape index (κ1) is 26.6. The molecule has 4 aromatic carbocycles. The van der Waals surface area contributed by atoms with Gasteiger partial charge in [0.25, 0.3) is 0 Å². The van der Waals surface area contributed by atoms with E-state index in [1.54, 1.807) is 0 Å². The van der Waals surface area contributed by atoms with Crippen molar-refractivity contribution in [1.29, 1.82) is 10.5 Å². The van der Waals surface area contributed by atoms with Gasteiger partial charge in [-0.2, -0.15) is 10.5 Å². The second-order valence-corrected chi connectivity index (χ2v) is 9.62. The fourth-order valence-electron chi connectivity index (χ4n) is 4.48. The standard InChI is InChI=1S/C32H30ClN5/c1-21(24-13-7-4-8-14-24)36-30-27(19-34)31(37-22(2)25-15-9-5-10-16-25)29(33)32(28(30)20-35)38-23(3)26-17-11-6-12-18-26/h4-18,21-23,36-38H,1-3H3/t21-,22-,23-/m1/s1. The van der Waals surface area contributed by atoms with Crippen LogP contribution in [0.15, 0.2) is 91.0 Å². The molecule has 0 unspecified atom stereocenters. The summed E-state index contributed by atoms with van der Waals surface area (Å²) in [7, 11) is 0. The van der Waals surface area contributed by atoms with E-state index in [1.165, 1.54) is 0 Å². The molecule has 0 aliphatic rings. The minimum absolute atomic E-state index is 0.132. The zero-order valence-corrected chi connectivity index (χ0v) is 22.4. The quantitative estimate of drug-likeness (QED) is 0.206. The monoisotopic (exact) mass is 519 g/mol. The first-order valence-corrected chi connectivity index (χ1v) is 13.0. The molecular formula is C32H30ClN5. The molecule has 0 saturated heterocycles. The number of rotatable bonds is 9. The van der Waals surface area contributed by atoms with E-state index >= 15 is 0 Å². The van der Waals surface area contributed by atoms with Crippen molar-refractivity contribution in [3.8, 4) is 12.1 Å². The lowest BCUT2D eigenvalue weighted by atomic mass is 9.99. The third-order valence-electron chi connectivity index (χ3n) is 6.64. The van der Waals surface area contributed by atoms with Crippen LogP contribution in [0.2, 0.25) is 5.02 Å². The van der Waals surface area contributed by atoms with Gasteiger partial charge in [0.15, 0.2) is 0 Å². The summed E-state index contributed by atoms with van der Waals surface area (Å²) in [4.78, 5) is 0. The van der Waals surface area contributed by atoms with E-state index in [4.69, 9.17) is 11.6 Å². The van der Waals surface area contributed by atoms with Crippen LogP contribution >= 0.6 is 11.6 Å². The van der Waals surface area contributed by atoms with Crippen molar-refractivity contribution in [2.45, 2.75) is 38.9 Å². The number of nitrogens with one attached hydrogen (secondary N) is 3. The largest absolute Gasteiger partial charge is 0.376 e.